The molecule has 23 heavy (non-hydrogen) atoms. The van der Waals surface area contributed by atoms with Gasteiger partial charge in [-0.05, 0) is 41.7 Å². The lowest BCUT2D eigenvalue weighted by Crippen LogP contribution is -2.50. The second kappa shape index (κ2) is 7.01. The van der Waals surface area contributed by atoms with Crippen molar-refractivity contribution in [3.05, 3.63) is 42.5 Å². The van der Waals surface area contributed by atoms with Crippen LogP contribution in [0.4, 0.5) is 0 Å². The Kier molecular flexibility index (Phi) is 4.82. The third-order valence-electron chi connectivity index (χ3n) is 4.65. The largest absolute Gasteiger partial charge is 0.484 e. The molecule has 1 heterocycles. The van der Waals surface area contributed by atoms with Gasteiger partial charge in [-0.15, -0.1) is 0 Å². The summed E-state index contributed by atoms with van der Waals surface area (Å²) in [7, 11) is 0. The quantitative estimate of drug-likeness (QED) is 0.944. The van der Waals surface area contributed by atoms with Crippen LogP contribution in [0.3, 0.4) is 0 Å². The molecule has 2 N–H and O–H groups in total. The van der Waals surface area contributed by atoms with Crippen molar-refractivity contribution in [1.29, 1.82) is 0 Å². The van der Waals surface area contributed by atoms with Gasteiger partial charge >= 0.3 is 0 Å². The van der Waals surface area contributed by atoms with Gasteiger partial charge in [0.2, 0.25) is 0 Å². The van der Waals surface area contributed by atoms with Crippen molar-refractivity contribution < 1.29 is 9.53 Å². The zero-order valence-corrected chi connectivity index (χ0v) is 13.6. The molecule has 0 saturated carbocycles. The first-order valence-corrected chi connectivity index (χ1v) is 8.28. The number of piperidine rings is 1. The Labute approximate surface area is 137 Å². The molecular formula is C19H24N2O2. The highest BCUT2D eigenvalue weighted by molar-refractivity contribution is 5.84. The number of carbonyl (C=O) groups excluding carboxylic acids is 1. The SMILES string of the molecule is CC1CCN(C(=O)COc2ccc3ccccc3c2)C(CN)C1. The molecule has 0 radical (unpaired) electrons. The summed E-state index contributed by atoms with van der Waals surface area (Å²) in [5.74, 6) is 1.39. The zero-order chi connectivity index (χ0) is 16.2. The van der Waals surface area contributed by atoms with E-state index in [2.05, 4.69) is 13.0 Å². The molecule has 3 rings (SSSR count). The molecule has 1 saturated heterocycles. The number of nitrogens with two attached hydrogens (primary N) is 1. The van der Waals surface area contributed by atoms with E-state index in [0.29, 0.717) is 12.5 Å². The molecule has 122 valence electrons. The van der Waals surface area contributed by atoms with Crippen LogP contribution >= 0.6 is 0 Å². The Balaban J connectivity index is 1.63. The van der Waals surface area contributed by atoms with Crippen molar-refractivity contribution in [2.24, 2.45) is 11.7 Å². The number of nitrogens with zero attached hydrogens (tertiary/aromatic N) is 1. The molecule has 4 heteroatoms. The Morgan fingerprint density at radius 3 is 2.83 bits per heavy atom. The standard InChI is InChI=1S/C19H24N2O2/c1-14-8-9-21(17(10-14)12-20)19(22)13-23-18-7-6-15-4-2-3-5-16(15)11-18/h2-7,11,14,17H,8-10,12-13,20H2,1H3. The highest BCUT2D eigenvalue weighted by Gasteiger charge is 2.28. The average Bonchev–Trinajstić information content (AvgIpc) is 2.59. The third kappa shape index (κ3) is 3.64. The van der Waals surface area contributed by atoms with Crippen molar-refractivity contribution in [2.45, 2.75) is 25.8 Å². The lowest BCUT2D eigenvalue weighted by molar-refractivity contribution is -0.137. The van der Waals surface area contributed by atoms with Crippen LogP contribution in [-0.4, -0.2) is 36.5 Å². The molecule has 1 fully saturated rings. The van der Waals surface area contributed by atoms with Gasteiger partial charge in [0.1, 0.15) is 5.75 Å². The maximum atomic E-state index is 12.5. The molecule has 2 aromatic rings. The van der Waals surface area contributed by atoms with Gasteiger partial charge < -0.3 is 15.4 Å². The number of benzene rings is 2. The van der Waals surface area contributed by atoms with Crippen LogP contribution in [0.15, 0.2) is 42.5 Å². The Morgan fingerprint density at radius 2 is 2.04 bits per heavy atom. The first-order chi connectivity index (χ1) is 11.2. The first kappa shape index (κ1) is 15.8. The number of amides is 1. The fourth-order valence-electron chi connectivity index (χ4n) is 3.29. The first-order valence-electron chi connectivity index (χ1n) is 8.28. The second-order valence-electron chi connectivity index (χ2n) is 6.40. The summed E-state index contributed by atoms with van der Waals surface area (Å²) < 4.78 is 5.72. The van der Waals surface area contributed by atoms with Crippen molar-refractivity contribution in [2.75, 3.05) is 19.7 Å². The Bertz CT molecular complexity index is 686. The zero-order valence-electron chi connectivity index (χ0n) is 13.6. The van der Waals surface area contributed by atoms with Gasteiger partial charge in [0, 0.05) is 19.1 Å². The molecule has 1 amide bonds. The highest BCUT2D eigenvalue weighted by atomic mass is 16.5. The van der Waals surface area contributed by atoms with Crippen LogP contribution in [0, 0.1) is 5.92 Å². The minimum Gasteiger partial charge on any atom is -0.484 e. The molecule has 2 unspecified atom stereocenters. The van der Waals surface area contributed by atoms with E-state index in [1.165, 1.54) is 5.39 Å². The lowest BCUT2D eigenvalue weighted by Gasteiger charge is -2.37. The van der Waals surface area contributed by atoms with E-state index in [9.17, 15) is 4.79 Å². The number of fused-ring (bicyclic) bond motifs is 1. The van der Waals surface area contributed by atoms with E-state index in [-0.39, 0.29) is 18.6 Å². The van der Waals surface area contributed by atoms with Gasteiger partial charge in [-0.2, -0.15) is 0 Å². The molecule has 2 aromatic carbocycles. The Hall–Kier alpha value is -2.07. The van der Waals surface area contributed by atoms with E-state index in [1.807, 2.05) is 41.3 Å². The van der Waals surface area contributed by atoms with Crippen LogP contribution in [0.25, 0.3) is 10.8 Å². The lowest BCUT2D eigenvalue weighted by atomic mass is 9.92. The van der Waals surface area contributed by atoms with Gasteiger partial charge in [-0.1, -0.05) is 37.3 Å². The number of hydrogen-bond donors (Lipinski definition) is 1. The molecule has 1 aliphatic rings. The summed E-state index contributed by atoms with van der Waals surface area (Å²) in [5.41, 5.74) is 5.83. The fraction of sp³-hybridized carbons (Fsp3) is 0.421. The smallest absolute Gasteiger partial charge is 0.260 e. The molecule has 0 bridgehead atoms. The van der Waals surface area contributed by atoms with Crippen molar-refractivity contribution >= 4 is 16.7 Å². The molecule has 0 spiro atoms. The number of rotatable bonds is 4. The molecule has 2 atom stereocenters. The van der Waals surface area contributed by atoms with Gasteiger partial charge in [0.05, 0.1) is 0 Å². The minimum atomic E-state index is 0.0282. The maximum Gasteiger partial charge on any atom is 0.260 e. The normalized spacial score (nSPS) is 21.4. The average molecular weight is 312 g/mol. The Morgan fingerprint density at radius 1 is 1.26 bits per heavy atom. The second-order valence-corrected chi connectivity index (χ2v) is 6.40. The number of carbonyl (C=O) groups is 1. The molecule has 1 aliphatic heterocycles. The van der Waals surface area contributed by atoms with Crippen molar-refractivity contribution in [3.63, 3.8) is 0 Å². The monoisotopic (exact) mass is 312 g/mol. The van der Waals surface area contributed by atoms with Gasteiger partial charge in [0.15, 0.2) is 6.61 Å². The van der Waals surface area contributed by atoms with E-state index in [4.69, 9.17) is 10.5 Å². The van der Waals surface area contributed by atoms with Gasteiger partial charge in [-0.3, -0.25) is 4.79 Å². The number of hydrogen-bond acceptors (Lipinski definition) is 3. The van der Waals surface area contributed by atoms with Crippen molar-refractivity contribution in [1.82, 2.24) is 4.90 Å². The minimum absolute atomic E-state index is 0.0282. The van der Waals surface area contributed by atoms with E-state index < -0.39 is 0 Å². The van der Waals surface area contributed by atoms with E-state index in [1.54, 1.807) is 0 Å². The summed E-state index contributed by atoms with van der Waals surface area (Å²) >= 11 is 0. The molecule has 0 aliphatic carbocycles. The summed E-state index contributed by atoms with van der Waals surface area (Å²) in [5, 5.41) is 2.28. The summed E-state index contributed by atoms with van der Waals surface area (Å²) in [6, 6.07) is 14.2. The van der Waals surface area contributed by atoms with Gasteiger partial charge in [0.25, 0.3) is 5.91 Å². The predicted molar refractivity (Wildman–Crippen MR) is 92.4 cm³/mol. The predicted octanol–water partition coefficient (Wildman–Crippen LogP) is 2.80. The third-order valence-corrected chi connectivity index (χ3v) is 4.65. The van der Waals surface area contributed by atoms with E-state index in [0.717, 1.165) is 30.5 Å². The van der Waals surface area contributed by atoms with Crippen LogP contribution in [-0.2, 0) is 4.79 Å². The number of ether oxygens (including phenoxy) is 1. The van der Waals surface area contributed by atoms with Gasteiger partial charge in [-0.25, -0.2) is 0 Å². The van der Waals surface area contributed by atoms with Crippen LogP contribution in [0.1, 0.15) is 19.8 Å². The maximum absolute atomic E-state index is 12.5. The summed E-state index contributed by atoms with van der Waals surface area (Å²) in [6.07, 6.45) is 2.02. The fourth-order valence-corrected chi connectivity index (χ4v) is 3.29. The van der Waals surface area contributed by atoms with E-state index >= 15 is 0 Å². The topological polar surface area (TPSA) is 55.6 Å². The molecule has 4 nitrogen and oxygen atoms in total. The van der Waals surface area contributed by atoms with Crippen LogP contribution in [0.2, 0.25) is 0 Å². The highest BCUT2D eigenvalue weighted by Crippen LogP contribution is 2.23. The molecule has 0 aromatic heterocycles. The summed E-state index contributed by atoms with van der Waals surface area (Å²) in [6.45, 7) is 3.59. The van der Waals surface area contributed by atoms with Crippen LogP contribution in [0.5, 0.6) is 5.75 Å². The molecular weight excluding hydrogens is 288 g/mol. The number of likely N-dealkylation sites (tertiary alicyclic amines) is 1. The summed E-state index contributed by atoms with van der Waals surface area (Å²) in [4.78, 5) is 14.3. The van der Waals surface area contributed by atoms with Crippen LogP contribution < -0.4 is 10.5 Å². The van der Waals surface area contributed by atoms with Crippen molar-refractivity contribution in [3.8, 4) is 5.75 Å².